The summed E-state index contributed by atoms with van der Waals surface area (Å²) < 4.78 is 10.4. The predicted molar refractivity (Wildman–Crippen MR) is 115 cm³/mol. The molecule has 0 aliphatic heterocycles. The Hall–Kier alpha value is -2.16. The monoisotopic (exact) mass is 471 g/mol. The van der Waals surface area contributed by atoms with Crippen LogP contribution < -0.4 is 20.1 Å². The summed E-state index contributed by atoms with van der Waals surface area (Å²) in [4.78, 5) is 4.57. The molecule has 0 aliphatic carbocycles. The third kappa shape index (κ3) is 6.29. The van der Waals surface area contributed by atoms with Crippen molar-refractivity contribution in [1.82, 2.24) is 10.6 Å². The normalized spacial score (nSPS) is 10.7. The second-order valence-corrected chi connectivity index (χ2v) is 5.37. The van der Waals surface area contributed by atoms with Gasteiger partial charge in [-0.05, 0) is 30.7 Å². The van der Waals surface area contributed by atoms with Crippen molar-refractivity contribution in [2.45, 2.75) is 20.0 Å². The van der Waals surface area contributed by atoms with E-state index in [1.165, 1.54) is 7.11 Å². The summed E-state index contributed by atoms with van der Waals surface area (Å²) >= 11 is 0. The van der Waals surface area contributed by atoms with Crippen LogP contribution in [0.1, 0.15) is 18.1 Å². The maximum atomic E-state index is 10.2. The van der Waals surface area contributed by atoms with Gasteiger partial charge in [-0.15, -0.1) is 24.0 Å². The standard InChI is InChI=1S/C19H25N3O3.HI/c1-4-20-19(21-12-14-7-5-9-16(11-14)24-2)22-13-15-8-6-10-17(25-3)18(15)23;/h5-11,23H,4,12-13H2,1-3H3,(H2,20,21,22);1H. The zero-order chi connectivity index (χ0) is 18.1. The molecule has 0 saturated carbocycles. The maximum Gasteiger partial charge on any atom is 0.191 e. The number of nitrogens with zero attached hydrogens (tertiary/aromatic N) is 1. The topological polar surface area (TPSA) is 75.1 Å². The van der Waals surface area contributed by atoms with E-state index in [1.807, 2.05) is 43.3 Å². The number of phenols is 1. The number of aliphatic imine (C=N–C) groups is 1. The fourth-order valence-electron chi connectivity index (χ4n) is 2.34. The van der Waals surface area contributed by atoms with E-state index in [4.69, 9.17) is 9.47 Å². The molecule has 0 saturated heterocycles. The number of aromatic hydroxyl groups is 1. The Balaban J connectivity index is 0.00000338. The van der Waals surface area contributed by atoms with Crippen molar-refractivity contribution in [1.29, 1.82) is 0 Å². The molecule has 2 rings (SSSR count). The van der Waals surface area contributed by atoms with Crippen LogP contribution in [0.3, 0.4) is 0 Å². The van der Waals surface area contributed by atoms with Crippen molar-refractivity contribution in [3.63, 3.8) is 0 Å². The van der Waals surface area contributed by atoms with E-state index in [1.54, 1.807) is 13.2 Å². The van der Waals surface area contributed by atoms with Gasteiger partial charge in [-0.3, -0.25) is 0 Å². The molecule has 0 unspecified atom stereocenters. The molecular weight excluding hydrogens is 445 g/mol. The maximum absolute atomic E-state index is 10.2. The van der Waals surface area contributed by atoms with Crippen LogP contribution in [0.15, 0.2) is 47.5 Å². The summed E-state index contributed by atoms with van der Waals surface area (Å²) in [6.07, 6.45) is 0. The van der Waals surface area contributed by atoms with Gasteiger partial charge in [0.05, 0.1) is 20.8 Å². The lowest BCUT2D eigenvalue weighted by Crippen LogP contribution is -2.36. The molecule has 0 fully saturated rings. The number of guanidine groups is 1. The molecule has 0 amide bonds. The molecule has 6 nitrogen and oxygen atoms in total. The molecule has 7 heteroatoms. The van der Waals surface area contributed by atoms with Crippen LogP contribution in [0, 0.1) is 0 Å². The molecule has 0 heterocycles. The highest BCUT2D eigenvalue weighted by atomic mass is 127. The number of para-hydroxylation sites is 1. The minimum Gasteiger partial charge on any atom is -0.504 e. The number of rotatable bonds is 7. The molecule has 0 aromatic heterocycles. The van der Waals surface area contributed by atoms with Crippen molar-refractivity contribution in [2.24, 2.45) is 4.99 Å². The number of halogens is 1. The summed E-state index contributed by atoms with van der Waals surface area (Å²) in [5.74, 6) is 2.08. The van der Waals surface area contributed by atoms with Crippen LogP contribution >= 0.6 is 24.0 Å². The Morgan fingerprint density at radius 2 is 1.85 bits per heavy atom. The van der Waals surface area contributed by atoms with Crippen LogP contribution in [-0.4, -0.2) is 31.8 Å². The highest BCUT2D eigenvalue weighted by Crippen LogP contribution is 2.29. The lowest BCUT2D eigenvalue weighted by Gasteiger charge is -2.13. The van der Waals surface area contributed by atoms with E-state index in [-0.39, 0.29) is 29.7 Å². The molecule has 2 aromatic carbocycles. The van der Waals surface area contributed by atoms with E-state index in [0.29, 0.717) is 24.8 Å². The number of methoxy groups -OCH3 is 2. The van der Waals surface area contributed by atoms with Crippen LogP contribution in [-0.2, 0) is 13.1 Å². The van der Waals surface area contributed by atoms with Gasteiger partial charge in [0.1, 0.15) is 5.75 Å². The van der Waals surface area contributed by atoms with E-state index < -0.39 is 0 Å². The van der Waals surface area contributed by atoms with Crippen LogP contribution in [0.25, 0.3) is 0 Å². The van der Waals surface area contributed by atoms with Crippen molar-refractivity contribution >= 4 is 29.9 Å². The fraction of sp³-hybridized carbons (Fsp3) is 0.316. The summed E-state index contributed by atoms with van der Waals surface area (Å²) in [6.45, 7) is 3.71. The van der Waals surface area contributed by atoms with Gasteiger partial charge in [0, 0.05) is 18.7 Å². The van der Waals surface area contributed by atoms with Gasteiger partial charge in [-0.25, -0.2) is 4.99 Å². The van der Waals surface area contributed by atoms with Crippen molar-refractivity contribution in [3.8, 4) is 17.2 Å². The highest BCUT2D eigenvalue weighted by molar-refractivity contribution is 14.0. The van der Waals surface area contributed by atoms with Crippen LogP contribution in [0.2, 0.25) is 0 Å². The Morgan fingerprint density at radius 1 is 1.08 bits per heavy atom. The summed E-state index contributed by atoms with van der Waals surface area (Å²) in [7, 11) is 3.18. The van der Waals surface area contributed by atoms with E-state index in [0.717, 1.165) is 23.4 Å². The van der Waals surface area contributed by atoms with E-state index in [2.05, 4.69) is 15.6 Å². The summed E-state index contributed by atoms with van der Waals surface area (Å²) in [5.41, 5.74) is 1.80. The Labute approximate surface area is 171 Å². The largest absolute Gasteiger partial charge is 0.504 e. The Bertz CT molecular complexity index is 723. The molecule has 0 bridgehead atoms. The van der Waals surface area contributed by atoms with E-state index >= 15 is 0 Å². The number of hydrogen-bond acceptors (Lipinski definition) is 4. The molecule has 0 atom stereocenters. The van der Waals surface area contributed by atoms with Gasteiger partial charge in [0.2, 0.25) is 0 Å². The number of benzene rings is 2. The predicted octanol–water partition coefficient (Wildman–Crippen LogP) is 3.28. The zero-order valence-corrected chi connectivity index (χ0v) is 17.6. The van der Waals surface area contributed by atoms with Gasteiger partial charge < -0.3 is 25.2 Å². The number of nitrogens with one attached hydrogen (secondary N) is 2. The number of hydrogen-bond donors (Lipinski definition) is 3. The molecule has 0 radical (unpaired) electrons. The fourth-order valence-corrected chi connectivity index (χ4v) is 2.34. The average Bonchev–Trinajstić information content (AvgIpc) is 2.65. The quantitative estimate of drug-likeness (QED) is 0.329. The summed E-state index contributed by atoms with van der Waals surface area (Å²) in [6, 6.07) is 13.2. The first-order valence-corrected chi connectivity index (χ1v) is 8.17. The second kappa shape index (κ2) is 11.5. The molecular formula is C19H26IN3O3. The van der Waals surface area contributed by atoms with Gasteiger partial charge in [0.25, 0.3) is 0 Å². The minimum absolute atomic E-state index is 0. The Morgan fingerprint density at radius 3 is 2.54 bits per heavy atom. The van der Waals surface area contributed by atoms with Crippen molar-refractivity contribution in [2.75, 3.05) is 20.8 Å². The smallest absolute Gasteiger partial charge is 0.191 e. The minimum atomic E-state index is 0. The first-order chi connectivity index (χ1) is 12.2. The SMILES string of the molecule is CCNC(=NCc1cccc(OC)c1)NCc1cccc(OC)c1O.I. The van der Waals surface area contributed by atoms with Gasteiger partial charge in [0.15, 0.2) is 17.5 Å². The average molecular weight is 471 g/mol. The lowest BCUT2D eigenvalue weighted by molar-refractivity contribution is 0.370. The lowest BCUT2D eigenvalue weighted by atomic mass is 10.2. The summed E-state index contributed by atoms with van der Waals surface area (Å²) in [5, 5.41) is 16.6. The number of phenolic OH excluding ortho intramolecular Hbond substituents is 1. The van der Waals surface area contributed by atoms with Crippen molar-refractivity contribution in [3.05, 3.63) is 53.6 Å². The van der Waals surface area contributed by atoms with Gasteiger partial charge in [-0.1, -0.05) is 24.3 Å². The van der Waals surface area contributed by atoms with Crippen molar-refractivity contribution < 1.29 is 14.6 Å². The second-order valence-electron chi connectivity index (χ2n) is 5.37. The molecule has 142 valence electrons. The molecule has 26 heavy (non-hydrogen) atoms. The van der Waals surface area contributed by atoms with E-state index in [9.17, 15) is 5.11 Å². The Kier molecular flexibility index (Phi) is 9.64. The van der Waals surface area contributed by atoms with Crippen LogP contribution in [0.5, 0.6) is 17.2 Å². The molecule has 0 spiro atoms. The zero-order valence-electron chi connectivity index (χ0n) is 15.3. The van der Waals surface area contributed by atoms with Gasteiger partial charge >= 0.3 is 0 Å². The number of ether oxygens (including phenoxy) is 2. The molecule has 0 aliphatic rings. The first kappa shape index (κ1) is 21.9. The molecule has 3 N–H and O–H groups in total. The third-order valence-corrected chi connectivity index (χ3v) is 3.65. The molecule has 2 aromatic rings. The van der Waals surface area contributed by atoms with Crippen LogP contribution in [0.4, 0.5) is 0 Å². The van der Waals surface area contributed by atoms with Gasteiger partial charge in [-0.2, -0.15) is 0 Å². The third-order valence-electron chi connectivity index (χ3n) is 3.65. The first-order valence-electron chi connectivity index (χ1n) is 8.17. The highest BCUT2D eigenvalue weighted by Gasteiger charge is 2.07.